The number of nitro groups is 1. The van der Waals surface area contributed by atoms with Gasteiger partial charge in [-0.1, -0.05) is 17.7 Å². The van der Waals surface area contributed by atoms with Crippen LogP contribution in [0, 0.1) is 22.9 Å². The highest BCUT2D eigenvalue weighted by Gasteiger charge is 2.13. The van der Waals surface area contributed by atoms with E-state index in [1.54, 1.807) is 18.2 Å². The van der Waals surface area contributed by atoms with E-state index in [2.05, 4.69) is 5.32 Å². The van der Waals surface area contributed by atoms with Gasteiger partial charge in [-0.15, -0.1) is 0 Å². The van der Waals surface area contributed by atoms with Crippen LogP contribution in [0.4, 0.5) is 15.8 Å². The van der Waals surface area contributed by atoms with E-state index >= 15 is 0 Å². The molecule has 6 heteroatoms. The highest BCUT2D eigenvalue weighted by atomic mass is 35.5. The van der Waals surface area contributed by atoms with Crippen LogP contribution in [-0.2, 0) is 6.54 Å². The summed E-state index contributed by atoms with van der Waals surface area (Å²) < 4.78 is 13.2. The Morgan fingerprint density at radius 1 is 1.30 bits per heavy atom. The smallest absolute Gasteiger partial charge is 0.292 e. The monoisotopic (exact) mass is 294 g/mol. The zero-order valence-corrected chi connectivity index (χ0v) is 11.4. The molecule has 0 radical (unpaired) electrons. The van der Waals surface area contributed by atoms with E-state index in [1.807, 2.05) is 6.92 Å². The number of benzene rings is 2. The standard InChI is InChI=1S/C14H12ClFN2O2/c1-9-2-3-14(18(19)20)13(4-9)17-8-10-5-11(15)7-12(16)6-10/h2-7,17H,8H2,1H3. The van der Waals surface area contributed by atoms with Gasteiger partial charge >= 0.3 is 0 Å². The molecule has 1 N–H and O–H groups in total. The molecule has 0 atom stereocenters. The van der Waals surface area contributed by atoms with Crippen LogP contribution in [0.2, 0.25) is 5.02 Å². The van der Waals surface area contributed by atoms with Gasteiger partial charge in [0.05, 0.1) is 4.92 Å². The lowest BCUT2D eigenvalue weighted by atomic mass is 10.1. The minimum atomic E-state index is -0.458. The Bertz CT molecular complexity index is 641. The molecule has 2 aromatic carbocycles. The minimum absolute atomic E-state index is 0.0156. The third-order valence-electron chi connectivity index (χ3n) is 2.75. The third kappa shape index (κ3) is 3.45. The molecule has 20 heavy (non-hydrogen) atoms. The first-order valence-corrected chi connectivity index (χ1v) is 6.27. The van der Waals surface area contributed by atoms with Gasteiger partial charge in [0.2, 0.25) is 0 Å². The van der Waals surface area contributed by atoms with E-state index in [9.17, 15) is 14.5 Å². The normalized spacial score (nSPS) is 10.3. The maximum absolute atomic E-state index is 13.2. The molecule has 4 nitrogen and oxygen atoms in total. The fourth-order valence-electron chi connectivity index (χ4n) is 1.86. The molecule has 104 valence electrons. The van der Waals surface area contributed by atoms with Crippen molar-refractivity contribution >= 4 is 23.0 Å². The van der Waals surface area contributed by atoms with Crippen LogP contribution in [0.25, 0.3) is 0 Å². The Hall–Kier alpha value is -2.14. The van der Waals surface area contributed by atoms with Crippen LogP contribution in [-0.4, -0.2) is 4.92 Å². The number of anilines is 1. The molecule has 0 aliphatic carbocycles. The first-order chi connectivity index (χ1) is 9.45. The van der Waals surface area contributed by atoms with Crippen molar-refractivity contribution in [2.75, 3.05) is 5.32 Å². The maximum Gasteiger partial charge on any atom is 0.292 e. The fraction of sp³-hybridized carbons (Fsp3) is 0.143. The summed E-state index contributed by atoms with van der Waals surface area (Å²) in [5.41, 5.74) is 1.90. The molecule has 0 unspecified atom stereocenters. The largest absolute Gasteiger partial charge is 0.375 e. The molecule has 0 amide bonds. The topological polar surface area (TPSA) is 55.2 Å². The number of halogens is 2. The van der Waals surface area contributed by atoms with E-state index in [0.29, 0.717) is 16.3 Å². The van der Waals surface area contributed by atoms with Crippen molar-refractivity contribution < 1.29 is 9.31 Å². The number of hydrogen-bond donors (Lipinski definition) is 1. The molecule has 0 aliphatic heterocycles. The van der Waals surface area contributed by atoms with Gasteiger partial charge in [0.15, 0.2) is 0 Å². The molecular weight excluding hydrogens is 283 g/mol. The van der Waals surface area contributed by atoms with Gasteiger partial charge in [-0.25, -0.2) is 4.39 Å². The van der Waals surface area contributed by atoms with Gasteiger partial charge in [0, 0.05) is 17.6 Å². The molecule has 2 aromatic rings. The molecule has 0 saturated carbocycles. The van der Waals surface area contributed by atoms with Crippen molar-refractivity contribution in [1.82, 2.24) is 0 Å². The Morgan fingerprint density at radius 2 is 2.05 bits per heavy atom. The summed E-state index contributed by atoms with van der Waals surface area (Å²) in [5.74, 6) is -0.437. The lowest BCUT2D eigenvalue weighted by molar-refractivity contribution is -0.384. The Balaban J connectivity index is 2.22. The number of hydrogen-bond acceptors (Lipinski definition) is 3. The number of rotatable bonds is 4. The first kappa shape index (κ1) is 14.3. The molecule has 2 rings (SSSR count). The van der Waals surface area contributed by atoms with E-state index in [1.165, 1.54) is 18.2 Å². The average molecular weight is 295 g/mol. The fourth-order valence-corrected chi connectivity index (χ4v) is 2.11. The van der Waals surface area contributed by atoms with E-state index in [4.69, 9.17) is 11.6 Å². The zero-order chi connectivity index (χ0) is 14.7. The van der Waals surface area contributed by atoms with E-state index in [0.717, 1.165) is 5.56 Å². The molecule has 0 spiro atoms. The average Bonchev–Trinajstić information content (AvgIpc) is 2.35. The molecule has 0 bridgehead atoms. The maximum atomic E-state index is 13.2. The molecule has 0 saturated heterocycles. The predicted molar refractivity (Wildman–Crippen MR) is 76.6 cm³/mol. The predicted octanol–water partition coefficient (Wildman–Crippen LogP) is 4.31. The minimum Gasteiger partial charge on any atom is -0.375 e. The van der Waals surface area contributed by atoms with Gasteiger partial charge < -0.3 is 5.32 Å². The summed E-state index contributed by atoms with van der Waals surface area (Å²) >= 11 is 5.76. The number of aryl methyl sites for hydroxylation is 1. The highest BCUT2D eigenvalue weighted by molar-refractivity contribution is 6.30. The van der Waals surface area contributed by atoms with Crippen LogP contribution in [0.5, 0.6) is 0 Å². The lowest BCUT2D eigenvalue weighted by Gasteiger charge is -2.08. The van der Waals surface area contributed by atoms with E-state index < -0.39 is 10.7 Å². The second kappa shape index (κ2) is 5.88. The molecule has 0 aliphatic rings. The van der Waals surface area contributed by atoms with Crippen LogP contribution in [0.3, 0.4) is 0 Å². The summed E-state index contributed by atoms with van der Waals surface area (Å²) in [5, 5.41) is 14.2. The number of nitrogens with zero attached hydrogens (tertiary/aromatic N) is 1. The Kier molecular flexibility index (Phi) is 4.20. The van der Waals surface area contributed by atoms with Crippen molar-refractivity contribution in [3.63, 3.8) is 0 Å². The second-order valence-corrected chi connectivity index (χ2v) is 4.85. The van der Waals surface area contributed by atoms with Crippen LogP contribution in [0.1, 0.15) is 11.1 Å². The third-order valence-corrected chi connectivity index (χ3v) is 2.97. The molecule has 0 aromatic heterocycles. The Labute approximate surface area is 120 Å². The van der Waals surface area contributed by atoms with Gasteiger partial charge in [-0.3, -0.25) is 10.1 Å². The van der Waals surface area contributed by atoms with Crippen LogP contribution < -0.4 is 5.32 Å². The van der Waals surface area contributed by atoms with Crippen molar-refractivity contribution in [2.24, 2.45) is 0 Å². The van der Waals surface area contributed by atoms with Crippen molar-refractivity contribution in [3.8, 4) is 0 Å². The first-order valence-electron chi connectivity index (χ1n) is 5.89. The lowest BCUT2D eigenvalue weighted by Crippen LogP contribution is -2.03. The van der Waals surface area contributed by atoms with Gasteiger partial charge in [-0.05, 0) is 42.3 Å². The SMILES string of the molecule is Cc1ccc([N+](=O)[O-])c(NCc2cc(F)cc(Cl)c2)c1. The second-order valence-electron chi connectivity index (χ2n) is 4.41. The van der Waals surface area contributed by atoms with Gasteiger partial charge in [0.25, 0.3) is 5.69 Å². The highest BCUT2D eigenvalue weighted by Crippen LogP contribution is 2.26. The molecule has 0 heterocycles. The number of nitro benzene ring substituents is 1. The van der Waals surface area contributed by atoms with Crippen molar-refractivity contribution in [2.45, 2.75) is 13.5 Å². The van der Waals surface area contributed by atoms with E-state index in [-0.39, 0.29) is 12.2 Å². The zero-order valence-electron chi connectivity index (χ0n) is 10.7. The van der Waals surface area contributed by atoms with Gasteiger partial charge in [0.1, 0.15) is 11.5 Å². The van der Waals surface area contributed by atoms with Crippen molar-refractivity contribution in [1.29, 1.82) is 0 Å². The Morgan fingerprint density at radius 3 is 2.70 bits per heavy atom. The van der Waals surface area contributed by atoms with Crippen molar-refractivity contribution in [3.05, 3.63) is 68.5 Å². The summed E-state index contributed by atoms with van der Waals surface area (Å²) in [6.45, 7) is 2.09. The summed E-state index contributed by atoms with van der Waals surface area (Å²) in [7, 11) is 0. The number of nitrogens with one attached hydrogen (secondary N) is 1. The quantitative estimate of drug-likeness (QED) is 0.675. The molecule has 0 fully saturated rings. The van der Waals surface area contributed by atoms with Crippen LogP contribution in [0.15, 0.2) is 36.4 Å². The van der Waals surface area contributed by atoms with Crippen LogP contribution >= 0.6 is 11.6 Å². The molecular formula is C14H12ClFN2O2. The van der Waals surface area contributed by atoms with Gasteiger partial charge in [-0.2, -0.15) is 0 Å². The summed E-state index contributed by atoms with van der Waals surface area (Å²) in [6, 6.07) is 8.94. The summed E-state index contributed by atoms with van der Waals surface area (Å²) in [4.78, 5) is 10.5. The summed E-state index contributed by atoms with van der Waals surface area (Å²) in [6.07, 6.45) is 0.